The molecule has 28 heavy (non-hydrogen) atoms. The first-order chi connectivity index (χ1) is 13.3. The van der Waals surface area contributed by atoms with Gasteiger partial charge in [-0.15, -0.1) is 11.8 Å². The maximum absolute atomic E-state index is 14.5. The molecule has 1 nitrogen and oxygen atoms in total. The van der Waals surface area contributed by atoms with Gasteiger partial charge in [-0.05, 0) is 29.8 Å². The van der Waals surface area contributed by atoms with Crippen LogP contribution in [0.2, 0.25) is 0 Å². The van der Waals surface area contributed by atoms with Crippen molar-refractivity contribution in [1.82, 2.24) is 0 Å². The van der Waals surface area contributed by atoms with Crippen LogP contribution >= 0.6 is 27.7 Å². The van der Waals surface area contributed by atoms with E-state index in [0.717, 1.165) is 4.47 Å². The number of hydrogen-bond donors (Lipinski definition) is 0. The molecule has 0 aliphatic rings. The van der Waals surface area contributed by atoms with Crippen molar-refractivity contribution in [1.29, 1.82) is 0 Å². The SMILES string of the molecule is O=C(C[C@](Sc1ccccc1)(c1ccccc1)C(F)(F)F)c1ccc(Br)cc1. The fraction of sp³-hybridized carbons (Fsp3) is 0.136. The van der Waals surface area contributed by atoms with Crippen molar-refractivity contribution in [2.75, 3.05) is 0 Å². The monoisotopic (exact) mass is 464 g/mol. The van der Waals surface area contributed by atoms with Gasteiger partial charge in [0.2, 0.25) is 0 Å². The standard InChI is InChI=1S/C22H16BrF3OS/c23-18-13-11-16(12-14-18)20(27)15-21(22(24,25)26,17-7-3-1-4-8-17)28-19-9-5-2-6-10-19/h1-14H,15H2/t21-/m0/s1. The molecule has 3 aromatic rings. The zero-order chi connectivity index (χ0) is 20.2. The van der Waals surface area contributed by atoms with Gasteiger partial charge in [-0.1, -0.05) is 76.6 Å². The highest BCUT2D eigenvalue weighted by Gasteiger charge is 2.57. The van der Waals surface area contributed by atoms with E-state index in [1.807, 2.05) is 0 Å². The van der Waals surface area contributed by atoms with Gasteiger partial charge in [-0.3, -0.25) is 4.79 Å². The Bertz CT molecular complexity index is 928. The number of rotatable bonds is 6. The zero-order valence-electron chi connectivity index (χ0n) is 14.6. The number of hydrogen-bond acceptors (Lipinski definition) is 2. The number of ketones is 1. The minimum Gasteiger partial charge on any atom is -0.294 e. The van der Waals surface area contributed by atoms with Crippen LogP contribution in [0.4, 0.5) is 13.2 Å². The summed E-state index contributed by atoms with van der Waals surface area (Å²) in [6.45, 7) is 0. The lowest BCUT2D eigenvalue weighted by atomic mass is 9.90. The predicted molar refractivity (Wildman–Crippen MR) is 110 cm³/mol. The van der Waals surface area contributed by atoms with Gasteiger partial charge in [-0.25, -0.2) is 0 Å². The van der Waals surface area contributed by atoms with E-state index < -0.39 is 23.1 Å². The minimum atomic E-state index is -4.64. The van der Waals surface area contributed by atoms with Gasteiger partial charge >= 0.3 is 6.18 Å². The molecule has 0 aliphatic heterocycles. The van der Waals surface area contributed by atoms with Crippen molar-refractivity contribution in [3.05, 3.63) is 101 Å². The van der Waals surface area contributed by atoms with Gasteiger partial charge < -0.3 is 0 Å². The number of Topliss-reactive ketones (excluding diaryl/α,β-unsaturated/α-hetero) is 1. The zero-order valence-corrected chi connectivity index (χ0v) is 17.0. The first-order valence-corrected chi connectivity index (χ1v) is 10.1. The van der Waals surface area contributed by atoms with E-state index in [9.17, 15) is 18.0 Å². The molecule has 0 amide bonds. The maximum Gasteiger partial charge on any atom is 0.408 e. The highest BCUT2D eigenvalue weighted by Crippen LogP contribution is 2.55. The summed E-state index contributed by atoms with van der Waals surface area (Å²) in [7, 11) is 0. The van der Waals surface area contributed by atoms with Crippen LogP contribution < -0.4 is 0 Å². The normalized spacial score (nSPS) is 13.7. The lowest BCUT2D eigenvalue weighted by molar-refractivity contribution is -0.161. The molecular formula is C22H16BrF3OS. The van der Waals surface area contributed by atoms with E-state index >= 15 is 0 Å². The Balaban J connectivity index is 2.09. The number of thioether (sulfide) groups is 1. The van der Waals surface area contributed by atoms with E-state index in [4.69, 9.17) is 0 Å². The average molecular weight is 465 g/mol. The second-order valence-electron chi connectivity index (χ2n) is 6.21. The fourth-order valence-corrected chi connectivity index (χ4v) is 4.41. The predicted octanol–water partition coefficient (Wildman–Crippen LogP) is 7.27. The Morgan fingerprint density at radius 3 is 1.89 bits per heavy atom. The van der Waals surface area contributed by atoms with E-state index in [1.54, 1.807) is 60.7 Å². The van der Waals surface area contributed by atoms with Crippen molar-refractivity contribution >= 4 is 33.5 Å². The lowest BCUT2D eigenvalue weighted by Crippen LogP contribution is -2.41. The van der Waals surface area contributed by atoms with E-state index in [2.05, 4.69) is 15.9 Å². The minimum absolute atomic E-state index is 0.0572. The number of halogens is 4. The van der Waals surface area contributed by atoms with Gasteiger partial charge in [-0.2, -0.15) is 13.2 Å². The van der Waals surface area contributed by atoms with Crippen LogP contribution in [-0.4, -0.2) is 12.0 Å². The Morgan fingerprint density at radius 2 is 1.36 bits per heavy atom. The van der Waals surface area contributed by atoms with Crippen molar-refractivity contribution in [3.8, 4) is 0 Å². The summed E-state index contributed by atoms with van der Waals surface area (Å²) in [5.74, 6) is -0.558. The van der Waals surface area contributed by atoms with Crippen LogP contribution in [0.3, 0.4) is 0 Å². The summed E-state index contributed by atoms with van der Waals surface area (Å²) in [6.07, 6.45) is -5.33. The van der Waals surface area contributed by atoms with Crippen molar-refractivity contribution in [2.45, 2.75) is 22.2 Å². The highest BCUT2D eigenvalue weighted by molar-refractivity contribution is 9.10. The number of benzene rings is 3. The maximum atomic E-state index is 14.5. The van der Waals surface area contributed by atoms with E-state index in [0.29, 0.717) is 16.7 Å². The first kappa shape index (κ1) is 20.7. The third-order valence-corrected chi connectivity index (χ3v) is 6.31. The third kappa shape index (κ3) is 4.50. The van der Waals surface area contributed by atoms with Crippen molar-refractivity contribution in [2.24, 2.45) is 0 Å². The Labute approximate surface area is 174 Å². The largest absolute Gasteiger partial charge is 0.408 e. The summed E-state index contributed by atoms with van der Waals surface area (Å²) >= 11 is 3.94. The molecular weight excluding hydrogens is 449 g/mol. The van der Waals surface area contributed by atoms with Crippen LogP contribution in [0, 0.1) is 0 Å². The van der Waals surface area contributed by atoms with E-state index in [1.165, 1.54) is 24.3 Å². The Hall–Kier alpha value is -2.05. The summed E-state index contributed by atoms with van der Waals surface area (Å²) in [5.41, 5.74) is 0.309. The smallest absolute Gasteiger partial charge is 0.294 e. The van der Waals surface area contributed by atoms with Gasteiger partial charge in [0, 0.05) is 21.4 Å². The molecule has 0 aromatic heterocycles. The van der Waals surface area contributed by atoms with Crippen molar-refractivity contribution < 1.29 is 18.0 Å². The number of carbonyl (C=O) groups excluding carboxylic acids is 1. The molecule has 0 aliphatic carbocycles. The molecule has 3 rings (SSSR count). The molecule has 0 unspecified atom stereocenters. The molecule has 0 bridgehead atoms. The lowest BCUT2D eigenvalue weighted by Gasteiger charge is -2.35. The summed E-state index contributed by atoms with van der Waals surface area (Å²) < 4.78 is 41.9. The molecule has 0 N–H and O–H groups in total. The van der Waals surface area contributed by atoms with Crippen LogP contribution in [0.1, 0.15) is 22.3 Å². The molecule has 0 heterocycles. The van der Waals surface area contributed by atoms with E-state index in [-0.39, 0.29) is 11.1 Å². The molecule has 0 saturated heterocycles. The second-order valence-corrected chi connectivity index (χ2v) is 8.50. The first-order valence-electron chi connectivity index (χ1n) is 8.47. The van der Waals surface area contributed by atoms with Gasteiger partial charge in [0.1, 0.15) is 4.75 Å². The number of carbonyl (C=O) groups is 1. The van der Waals surface area contributed by atoms with Gasteiger partial charge in [0.05, 0.1) is 0 Å². The molecule has 1 atom stereocenters. The molecule has 144 valence electrons. The highest BCUT2D eigenvalue weighted by atomic mass is 79.9. The average Bonchev–Trinajstić information content (AvgIpc) is 2.68. The van der Waals surface area contributed by atoms with Gasteiger partial charge in [0.25, 0.3) is 0 Å². The Morgan fingerprint density at radius 1 is 0.821 bits per heavy atom. The summed E-state index contributed by atoms with van der Waals surface area (Å²) in [5, 5.41) is 0. The molecule has 0 spiro atoms. The number of alkyl halides is 3. The molecule has 3 aromatic carbocycles. The van der Waals surface area contributed by atoms with Crippen molar-refractivity contribution in [3.63, 3.8) is 0 Å². The topological polar surface area (TPSA) is 17.1 Å². The quantitative estimate of drug-likeness (QED) is 0.281. The molecule has 0 radical (unpaired) electrons. The van der Waals surface area contributed by atoms with Crippen LogP contribution in [0.15, 0.2) is 94.3 Å². The van der Waals surface area contributed by atoms with Crippen LogP contribution in [0.25, 0.3) is 0 Å². The molecule has 6 heteroatoms. The van der Waals surface area contributed by atoms with Crippen LogP contribution in [0.5, 0.6) is 0 Å². The van der Waals surface area contributed by atoms with Crippen LogP contribution in [-0.2, 0) is 4.75 Å². The van der Waals surface area contributed by atoms with Gasteiger partial charge in [0.15, 0.2) is 5.78 Å². The summed E-state index contributed by atoms with van der Waals surface area (Å²) in [4.78, 5) is 13.3. The summed E-state index contributed by atoms with van der Waals surface area (Å²) in [6, 6.07) is 22.4. The molecule has 0 saturated carbocycles. The third-order valence-electron chi connectivity index (χ3n) is 4.31. The fourth-order valence-electron chi connectivity index (χ4n) is 2.88. The molecule has 0 fully saturated rings. The Kier molecular flexibility index (Phi) is 6.30. The second kappa shape index (κ2) is 8.53.